The Morgan fingerprint density at radius 3 is 3.07 bits per heavy atom. The van der Waals surface area contributed by atoms with E-state index < -0.39 is 6.10 Å². The molecule has 0 saturated heterocycles. The van der Waals surface area contributed by atoms with Crippen molar-refractivity contribution in [3.05, 3.63) is 36.3 Å². The van der Waals surface area contributed by atoms with Crippen LogP contribution in [0.1, 0.15) is 11.7 Å². The minimum atomic E-state index is -0.646. The van der Waals surface area contributed by atoms with E-state index in [1.165, 1.54) is 0 Å². The van der Waals surface area contributed by atoms with Crippen molar-refractivity contribution in [2.24, 2.45) is 5.73 Å². The molecule has 0 amide bonds. The van der Waals surface area contributed by atoms with E-state index in [4.69, 9.17) is 5.73 Å². The van der Waals surface area contributed by atoms with Crippen LogP contribution in [0.3, 0.4) is 0 Å². The van der Waals surface area contributed by atoms with Gasteiger partial charge in [-0.15, -0.1) is 0 Å². The van der Waals surface area contributed by atoms with Crippen molar-refractivity contribution in [3.63, 3.8) is 0 Å². The van der Waals surface area contributed by atoms with Crippen LogP contribution < -0.4 is 5.73 Å². The standard InChI is InChI=1S/C10H11N3O/c11-4-10(14)8-3-7-5-12-2-1-9(7)13-6-8/h1-3,5-6,10,14H,4,11H2. The fourth-order valence-electron chi connectivity index (χ4n) is 1.31. The summed E-state index contributed by atoms with van der Waals surface area (Å²) in [5, 5.41) is 10.4. The maximum atomic E-state index is 9.50. The van der Waals surface area contributed by atoms with E-state index in [0.717, 1.165) is 16.5 Å². The number of hydrogen-bond donors (Lipinski definition) is 2. The Kier molecular flexibility index (Phi) is 2.39. The molecule has 2 aromatic rings. The second-order valence-corrected chi connectivity index (χ2v) is 3.09. The summed E-state index contributed by atoms with van der Waals surface area (Å²) in [7, 11) is 0. The van der Waals surface area contributed by atoms with Gasteiger partial charge in [-0.2, -0.15) is 0 Å². The average Bonchev–Trinajstić information content (AvgIpc) is 2.27. The number of aliphatic hydroxyl groups is 1. The molecular formula is C10H11N3O. The van der Waals surface area contributed by atoms with Gasteiger partial charge in [-0.05, 0) is 12.1 Å². The molecule has 0 aromatic carbocycles. The van der Waals surface area contributed by atoms with Gasteiger partial charge in [0.25, 0.3) is 0 Å². The molecule has 1 atom stereocenters. The van der Waals surface area contributed by atoms with Crippen LogP contribution in [0.25, 0.3) is 10.9 Å². The van der Waals surface area contributed by atoms with Gasteiger partial charge < -0.3 is 10.8 Å². The predicted molar refractivity (Wildman–Crippen MR) is 53.6 cm³/mol. The van der Waals surface area contributed by atoms with Gasteiger partial charge in [0.15, 0.2) is 0 Å². The molecule has 2 rings (SSSR count). The molecule has 1 unspecified atom stereocenters. The van der Waals surface area contributed by atoms with Crippen molar-refractivity contribution in [3.8, 4) is 0 Å². The number of nitrogens with zero attached hydrogens (tertiary/aromatic N) is 2. The van der Waals surface area contributed by atoms with Gasteiger partial charge in [0.2, 0.25) is 0 Å². The summed E-state index contributed by atoms with van der Waals surface area (Å²) in [6.07, 6.45) is 4.40. The van der Waals surface area contributed by atoms with Crippen LogP contribution in [-0.4, -0.2) is 21.6 Å². The summed E-state index contributed by atoms with van der Waals surface area (Å²) >= 11 is 0. The minimum absolute atomic E-state index is 0.202. The molecule has 4 nitrogen and oxygen atoms in total. The fraction of sp³-hybridized carbons (Fsp3) is 0.200. The van der Waals surface area contributed by atoms with Gasteiger partial charge in [0.1, 0.15) is 0 Å². The number of hydrogen-bond acceptors (Lipinski definition) is 4. The third-order valence-corrected chi connectivity index (χ3v) is 2.11. The van der Waals surface area contributed by atoms with Gasteiger partial charge in [0, 0.05) is 36.1 Å². The molecule has 0 aliphatic rings. The monoisotopic (exact) mass is 189 g/mol. The van der Waals surface area contributed by atoms with Crippen molar-refractivity contribution in [1.29, 1.82) is 0 Å². The largest absolute Gasteiger partial charge is 0.387 e. The first-order chi connectivity index (χ1) is 6.81. The Morgan fingerprint density at radius 2 is 2.29 bits per heavy atom. The van der Waals surface area contributed by atoms with E-state index >= 15 is 0 Å². The second kappa shape index (κ2) is 3.69. The zero-order valence-electron chi connectivity index (χ0n) is 7.59. The Morgan fingerprint density at radius 1 is 1.43 bits per heavy atom. The minimum Gasteiger partial charge on any atom is -0.387 e. The van der Waals surface area contributed by atoms with Crippen LogP contribution in [0, 0.1) is 0 Å². The first kappa shape index (κ1) is 9.05. The molecule has 14 heavy (non-hydrogen) atoms. The van der Waals surface area contributed by atoms with Gasteiger partial charge >= 0.3 is 0 Å². The highest BCUT2D eigenvalue weighted by Gasteiger charge is 2.05. The van der Waals surface area contributed by atoms with Crippen LogP contribution in [0.4, 0.5) is 0 Å². The highest BCUT2D eigenvalue weighted by molar-refractivity contribution is 5.77. The molecule has 2 heterocycles. The zero-order valence-corrected chi connectivity index (χ0v) is 7.59. The number of pyridine rings is 2. The van der Waals surface area contributed by atoms with Gasteiger partial charge in [-0.1, -0.05) is 0 Å². The lowest BCUT2D eigenvalue weighted by Crippen LogP contribution is -2.11. The summed E-state index contributed by atoms with van der Waals surface area (Å²) in [5.74, 6) is 0. The highest BCUT2D eigenvalue weighted by Crippen LogP contribution is 2.16. The van der Waals surface area contributed by atoms with Crippen molar-refractivity contribution < 1.29 is 5.11 Å². The Labute approximate surface area is 81.4 Å². The molecule has 0 aliphatic heterocycles. The molecular weight excluding hydrogens is 178 g/mol. The van der Waals surface area contributed by atoms with E-state index in [1.807, 2.05) is 12.1 Å². The van der Waals surface area contributed by atoms with E-state index in [1.54, 1.807) is 18.6 Å². The van der Waals surface area contributed by atoms with Gasteiger partial charge in [-0.3, -0.25) is 9.97 Å². The summed E-state index contributed by atoms with van der Waals surface area (Å²) in [6.45, 7) is 0.202. The van der Waals surface area contributed by atoms with E-state index in [9.17, 15) is 5.11 Å². The lowest BCUT2D eigenvalue weighted by molar-refractivity contribution is 0.186. The number of aliphatic hydroxyl groups excluding tert-OH is 1. The zero-order chi connectivity index (χ0) is 9.97. The number of nitrogens with two attached hydrogens (primary N) is 1. The molecule has 0 radical (unpaired) electrons. The first-order valence-electron chi connectivity index (χ1n) is 4.39. The average molecular weight is 189 g/mol. The summed E-state index contributed by atoms with van der Waals surface area (Å²) in [6, 6.07) is 3.68. The maximum Gasteiger partial charge on any atom is 0.0927 e. The molecule has 0 bridgehead atoms. The fourth-order valence-corrected chi connectivity index (χ4v) is 1.31. The second-order valence-electron chi connectivity index (χ2n) is 3.09. The summed E-state index contributed by atoms with van der Waals surface area (Å²) in [4.78, 5) is 8.18. The lowest BCUT2D eigenvalue weighted by Gasteiger charge is -2.07. The van der Waals surface area contributed by atoms with Crippen LogP contribution in [-0.2, 0) is 0 Å². The SMILES string of the molecule is NCC(O)c1cnc2ccncc2c1. The molecule has 0 spiro atoms. The first-order valence-corrected chi connectivity index (χ1v) is 4.39. The van der Waals surface area contributed by atoms with Crippen LogP contribution in [0.15, 0.2) is 30.7 Å². The molecule has 0 fully saturated rings. The quantitative estimate of drug-likeness (QED) is 0.726. The number of rotatable bonds is 2. The van der Waals surface area contributed by atoms with E-state index in [2.05, 4.69) is 9.97 Å². The van der Waals surface area contributed by atoms with E-state index in [0.29, 0.717) is 0 Å². The molecule has 4 heteroatoms. The smallest absolute Gasteiger partial charge is 0.0927 e. The molecule has 0 saturated carbocycles. The predicted octanol–water partition coefficient (Wildman–Crippen LogP) is 0.622. The van der Waals surface area contributed by atoms with Crippen LogP contribution in [0.5, 0.6) is 0 Å². The third kappa shape index (κ3) is 1.57. The van der Waals surface area contributed by atoms with E-state index in [-0.39, 0.29) is 6.54 Å². The molecule has 72 valence electrons. The van der Waals surface area contributed by atoms with Crippen molar-refractivity contribution in [2.45, 2.75) is 6.10 Å². The Balaban J connectivity index is 2.51. The summed E-state index contributed by atoms with van der Waals surface area (Å²) < 4.78 is 0. The van der Waals surface area contributed by atoms with Crippen molar-refractivity contribution >= 4 is 10.9 Å². The van der Waals surface area contributed by atoms with Crippen molar-refractivity contribution in [2.75, 3.05) is 6.54 Å². The van der Waals surface area contributed by atoms with Gasteiger partial charge in [-0.25, -0.2) is 0 Å². The number of fused-ring (bicyclic) bond motifs is 1. The van der Waals surface area contributed by atoms with Crippen LogP contribution >= 0.6 is 0 Å². The van der Waals surface area contributed by atoms with Crippen LogP contribution in [0.2, 0.25) is 0 Å². The molecule has 0 aliphatic carbocycles. The Hall–Kier alpha value is -1.52. The topological polar surface area (TPSA) is 72.0 Å². The third-order valence-electron chi connectivity index (χ3n) is 2.11. The highest BCUT2D eigenvalue weighted by atomic mass is 16.3. The molecule has 2 aromatic heterocycles. The lowest BCUT2D eigenvalue weighted by atomic mass is 10.1. The molecule has 3 N–H and O–H groups in total. The number of aromatic nitrogens is 2. The summed E-state index contributed by atoms with van der Waals surface area (Å²) in [5.41, 5.74) is 6.95. The maximum absolute atomic E-state index is 9.50. The van der Waals surface area contributed by atoms with Crippen molar-refractivity contribution in [1.82, 2.24) is 9.97 Å². The Bertz CT molecular complexity index is 444. The van der Waals surface area contributed by atoms with Gasteiger partial charge in [0.05, 0.1) is 11.6 Å². The normalized spacial score (nSPS) is 13.0.